The average molecular weight is 236 g/mol. The molecule has 0 bridgehead atoms. The van der Waals surface area contributed by atoms with Crippen molar-refractivity contribution in [3.63, 3.8) is 0 Å². The van der Waals surface area contributed by atoms with Gasteiger partial charge in [-0.2, -0.15) is 0 Å². The number of hydrogen-bond donors (Lipinski definition) is 1. The summed E-state index contributed by atoms with van der Waals surface area (Å²) in [7, 11) is 0. The van der Waals surface area contributed by atoms with Gasteiger partial charge in [0.25, 0.3) is 0 Å². The molecular formula is C13H16O4. The number of aliphatic hydroxyl groups is 1. The number of esters is 1. The van der Waals surface area contributed by atoms with Crippen molar-refractivity contribution >= 4 is 5.97 Å². The van der Waals surface area contributed by atoms with Crippen molar-refractivity contribution in [3.05, 3.63) is 42.0 Å². The maximum atomic E-state index is 11.0. The quantitative estimate of drug-likeness (QED) is 0.603. The lowest BCUT2D eigenvalue weighted by Gasteiger charge is -2.07. The summed E-state index contributed by atoms with van der Waals surface area (Å²) in [5, 5.41) is 9.06. The maximum absolute atomic E-state index is 11.0. The highest BCUT2D eigenvalue weighted by molar-refractivity contribution is 5.81. The van der Waals surface area contributed by atoms with E-state index < -0.39 is 0 Å². The Morgan fingerprint density at radius 3 is 2.88 bits per heavy atom. The van der Waals surface area contributed by atoms with E-state index in [1.54, 1.807) is 25.1 Å². The van der Waals surface area contributed by atoms with Crippen LogP contribution >= 0.6 is 0 Å². The lowest BCUT2D eigenvalue weighted by molar-refractivity contribution is -0.137. The van der Waals surface area contributed by atoms with Gasteiger partial charge < -0.3 is 14.6 Å². The van der Waals surface area contributed by atoms with Gasteiger partial charge in [-0.25, -0.2) is 4.79 Å². The number of benzene rings is 1. The predicted molar refractivity (Wildman–Crippen MR) is 63.6 cm³/mol. The second-order valence-corrected chi connectivity index (χ2v) is 3.23. The van der Waals surface area contributed by atoms with Crippen LogP contribution < -0.4 is 4.74 Å². The number of carbonyl (C=O) groups is 1. The van der Waals surface area contributed by atoms with Gasteiger partial charge in [0.1, 0.15) is 12.4 Å². The van der Waals surface area contributed by atoms with Crippen molar-refractivity contribution in [2.75, 3.05) is 13.2 Å². The minimum atomic E-state index is -0.383. The molecule has 0 aliphatic carbocycles. The molecule has 0 saturated heterocycles. The van der Waals surface area contributed by atoms with Crippen LogP contribution in [-0.4, -0.2) is 24.3 Å². The predicted octanol–water partition coefficient (Wildman–Crippen LogP) is 1.68. The van der Waals surface area contributed by atoms with E-state index in [1.165, 1.54) is 6.08 Å². The third-order valence-electron chi connectivity index (χ3n) is 2.02. The summed E-state index contributed by atoms with van der Waals surface area (Å²) in [6.45, 7) is 2.30. The SMILES string of the molecule is CCOC(=O)C=CCOc1ccccc1CO. The van der Waals surface area contributed by atoms with Gasteiger partial charge in [-0.1, -0.05) is 18.2 Å². The normalized spacial score (nSPS) is 10.5. The van der Waals surface area contributed by atoms with E-state index in [-0.39, 0.29) is 19.2 Å². The Hall–Kier alpha value is -1.81. The molecule has 1 N–H and O–H groups in total. The largest absolute Gasteiger partial charge is 0.489 e. The highest BCUT2D eigenvalue weighted by Crippen LogP contribution is 2.17. The Kier molecular flexibility index (Phi) is 5.82. The maximum Gasteiger partial charge on any atom is 0.330 e. The molecule has 0 amide bonds. The molecule has 4 nitrogen and oxygen atoms in total. The Bertz CT molecular complexity index is 385. The lowest BCUT2D eigenvalue weighted by Crippen LogP contribution is -2.01. The highest BCUT2D eigenvalue weighted by atomic mass is 16.5. The molecule has 4 heteroatoms. The molecule has 0 atom stereocenters. The van der Waals surface area contributed by atoms with Crippen molar-refractivity contribution < 1.29 is 19.4 Å². The van der Waals surface area contributed by atoms with E-state index >= 15 is 0 Å². The monoisotopic (exact) mass is 236 g/mol. The fourth-order valence-corrected chi connectivity index (χ4v) is 1.25. The minimum Gasteiger partial charge on any atom is -0.489 e. The van der Waals surface area contributed by atoms with Crippen molar-refractivity contribution in [2.24, 2.45) is 0 Å². The fraction of sp³-hybridized carbons (Fsp3) is 0.308. The van der Waals surface area contributed by atoms with Crippen molar-refractivity contribution in [1.29, 1.82) is 0 Å². The molecule has 0 fully saturated rings. The summed E-state index contributed by atoms with van der Waals surface area (Å²) >= 11 is 0. The lowest BCUT2D eigenvalue weighted by atomic mass is 10.2. The smallest absolute Gasteiger partial charge is 0.330 e. The summed E-state index contributed by atoms with van der Waals surface area (Å²) in [6.07, 6.45) is 2.90. The van der Waals surface area contributed by atoms with E-state index in [9.17, 15) is 4.79 Å². The van der Waals surface area contributed by atoms with Gasteiger partial charge in [0, 0.05) is 11.6 Å². The Morgan fingerprint density at radius 1 is 1.41 bits per heavy atom. The van der Waals surface area contributed by atoms with Gasteiger partial charge >= 0.3 is 5.97 Å². The number of aliphatic hydroxyl groups excluding tert-OH is 1. The van der Waals surface area contributed by atoms with Gasteiger partial charge in [-0.15, -0.1) is 0 Å². The van der Waals surface area contributed by atoms with E-state index in [0.29, 0.717) is 12.4 Å². The zero-order valence-corrected chi connectivity index (χ0v) is 9.76. The van der Waals surface area contributed by atoms with Gasteiger partial charge in [0.05, 0.1) is 13.2 Å². The molecule has 0 radical (unpaired) electrons. The Labute approximate surface area is 100 Å². The van der Waals surface area contributed by atoms with Gasteiger partial charge in [-0.05, 0) is 19.1 Å². The Balaban J connectivity index is 2.43. The molecule has 0 spiro atoms. The highest BCUT2D eigenvalue weighted by Gasteiger charge is 1.99. The molecule has 92 valence electrons. The first-order valence-corrected chi connectivity index (χ1v) is 5.42. The summed E-state index contributed by atoms with van der Waals surface area (Å²) < 4.78 is 10.1. The van der Waals surface area contributed by atoms with Gasteiger partial charge in [0.15, 0.2) is 0 Å². The molecule has 0 saturated carbocycles. The van der Waals surface area contributed by atoms with E-state index in [1.807, 2.05) is 12.1 Å². The number of carbonyl (C=O) groups excluding carboxylic acids is 1. The topological polar surface area (TPSA) is 55.8 Å². The third kappa shape index (κ3) is 4.70. The van der Waals surface area contributed by atoms with Crippen molar-refractivity contribution in [3.8, 4) is 5.75 Å². The molecule has 0 aromatic heterocycles. The summed E-state index contributed by atoms with van der Waals surface area (Å²) in [6, 6.07) is 7.20. The molecule has 1 rings (SSSR count). The van der Waals surface area contributed by atoms with Crippen LogP contribution in [0.15, 0.2) is 36.4 Å². The van der Waals surface area contributed by atoms with Crippen LogP contribution in [-0.2, 0) is 16.1 Å². The molecule has 1 aromatic rings. The molecule has 0 unspecified atom stereocenters. The summed E-state index contributed by atoms with van der Waals surface area (Å²) in [5.41, 5.74) is 0.719. The van der Waals surface area contributed by atoms with Crippen molar-refractivity contribution in [2.45, 2.75) is 13.5 Å². The fourth-order valence-electron chi connectivity index (χ4n) is 1.25. The number of hydrogen-bond acceptors (Lipinski definition) is 4. The average Bonchev–Trinajstić information content (AvgIpc) is 2.35. The molecule has 0 aliphatic rings. The summed E-state index contributed by atoms with van der Waals surface area (Å²) in [5.74, 6) is 0.232. The first-order chi connectivity index (χ1) is 8.27. The van der Waals surface area contributed by atoms with Crippen LogP contribution in [0.4, 0.5) is 0 Å². The van der Waals surface area contributed by atoms with Crippen LogP contribution in [0.1, 0.15) is 12.5 Å². The van der Waals surface area contributed by atoms with E-state index in [0.717, 1.165) is 5.56 Å². The zero-order chi connectivity index (χ0) is 12.5. The standard InChI is InChI=1S/C13H16O4/c1-2-16-13(15)8-5-9-17-12-7-4-3-6-11(12)10-14/h3-8,14H,2,9-10H2,1H3. The van der Waals surface area contributed by atoms with Gasteiger partial charge in [-0.3, -0.25) is 0 Å². The first kappa shape index (κ1) is 13.3. The second kappa shape index (κ2) is 7.46. The number of rotatable bonds is 6. The van der Waals surface area contributed by atoms with Crippen LogP contribution in [0, 0.1) is 0 Å². The first-order valence-electron chi connectivity index (χ1n) is 5.42. The van der Waals surface area contributed by atoms with E-state index in [4.69, 9.17) is 14.6 Å². The number of ether oxygens (including phenoxy) is 2. The van der Waals surface area contributed by atoms with E-state index in [2.05, 4.69) is 0 Å². The molecular weight excluding hydrogens is 220 g/mol. The molecule has 0 aliphatic heterocycles. The van der Waals surface area contributed by atoms with Crippen molar-refractivity contribution in [1.82, 2.24) is 0 Å². The van der Waals surface area contributed by atoms with Crippen LogP contribution in [0.25, 0.3) is 0 Å². The van der Waals surface area contributed by atoms with Crippen LogP contribution in [0.5, 0.6) is 5.75 Å². The Morgan fingerprint density at radius 2 is 2.18 bits per heavy atom. The molecule has 17 heavy (non-hydrogen) atoms. The molecule has 0 heterocycles. The minimum absolute atomic E-state index is 0.0717. The molecule has 1 aromatic carbocycles. The third-order valence-corrected chi connectivity index (χ3v) is 2.02. The second-order valence-electron chi connectivity index (χ2n) is 3.23. The zero-order valence-electron chi connectivity index (χ0n) is 9.76. The van der Waals surface area contributed by atoms with Crippen LogP contribution in [0.3, 0.4) is 0 Å². The number of para-hydroxylation sites is 1. The van der Waals surface area contributed by atoms with Crippen LogP contribution in [0.2, 0.25) is 0 Å². The van der Waals surface area contributed by atoms with Gasteiger partial charge in [0.2, 0.25) is 0 Å². The summed E-state index contributed by atoms with van der Waals surface area (Å²) in [4.78, 5) is 11.0.